The molecule has 1 saturated heterocycles. The van der Waals surface area contributed by atoms with Crippen molar-refractivity contribution in [2.24, 2.45) is 5.84 Å². The van der Waals surface area contributed by atoms with Gasteiger partial charge in [0.15, 0.2) is 0 Å². The van der Waals surface area contributed by atoms with Gasteiger partial charge in [-0.1, -0.05) is 23.7 Å². The number of hydrazine groups is 1. The fourth-order valence-electron chi connectivity index (χ4n) is 2.39. The van der Waals surface area contributed by atoms with Crippen LogP contribution in [-0.2, 0) is 10.3 Å². The molecular weight excluding hydrogens is 238 g/mol. The molecule has 4 nitrogen and oxygen atoms in total. The third-order valence-corrected chi connectivity index (χ3v) is 3.69. The summed E-state index contributed by atoms with van der Waals surface area (Å²) >= 11 is 5.87. The van der Waals surface area contributed by atoms with Crippen molar-refractivity contribution in [2.45, 2.75) is 31.6 Å². The van der Waals surface area contributed by atoms with Gasteiger partial charge in [0.2, 0.25) is 0 Å². The van der Waals surface area contributed by atoms with Crippen molar-refractivity contribution in [3.05, 3.63) is 34.9 Å². The van der Waals surface area contributed by atoms with Gasteiger partial charge in [0.25, 0.3) is 0 Å². The summed E-state index contributed by atoms with van der Waals surface area (Å²) in [5.74, 6) is 5.89. The number of carbonyl (C=O) groups is 1. The summed E-state index contributed by atoms with van der Waals surface area (Å²) in [6, 6.07) is 7.07. The van der Waals surface area contributed by atoms with E-state index in [0.29, 0.717) is 5.02 Å². The van der Waals surface area contributed by atoms with E-state index in [1.165, 1.54) is 0 Å². The number of nitrogens with one attached hydrogen (secondary N) is 1. The van der Waals surface area contributed by atoms with Crippen molar-refractivity contribution in [3.8, 4) is 0 Å². The van der Waals surface area contributed by atoms with Crippen molar-refractivity contribution < 1.29 is 4.79 Å². The Kier molecular flexibility index (Phi) is 3.23. The molecule has 3 atom stereocenters. The Labute approximate surface area is 106 Å². The average Bonchev–Trinajstić information content (AvgIpc) is 2.51. The van der Waals surface area contributed by atoms with Crippen LogP contribution in [0.5, 0.6) is 0 Å². The molecule has 1 heterocycles. The first-order valence-corrected chi connectivity index (χ1v) is 5.89. The van der Waals surface area contributed by atoms with Gasteiger partial charge in [-0.3, -0.25) is 11.2 Å². The molecule has 1 aliphatic heterocycles. The monoisotopic (exact) mass is 253 g/mol. The van der Waals surface area contributed by atoms with Gasteiger partial charge < -0.3 is 4.79 Å². The highest BCUT2D eigenvalue weighted by molar-refractivity contribution is 6.30. The number of benzene rings is 1. The van der Waals surface area contributed by atoms with Crippen molar-refractivity contribution in [1.29, 1.82) is 0 Å². The molecule has 3 N–H and O–H groups in total. The smallest absolute Gasteiger partial charge is 0.140 e. The van der Waals surface area contributed by atoms with Crippen LogP contribution >= 0.6 is 11.6 Å². The molecular formula is C12H16ClN3O. The van der Waals surface area contributed by atoms with Gasteiger partial charge in [-0.05, 0) is 31.5 Å². The van der Waals surface area contributed by atoms with E-state index in [-0.39, 0.29) is 6.17 Å². The van der Waals surface area contributed by atoms with E-state index in [1.54, 1.807) is 5.01 Å². The third kappa shape index (κ3) is 1.98. The molecule has 0 radical (unpaired) electrons. The lowest BCUT2D eigenvalue weighted by molar-refractivity contribution is -0.113. The van der Waals surface area contributed by atoms with Gasteiger partial charge in [0.05, 0.1) is 11.7 Å². The second-order valence-electron chi connectivity index (χ2n) is 4.56. The minimum atomic E-state index is -0.486. The molecule has 0 aromatic heterocycles. The fraction of sp³-hybridized carbons (Fsp3) is 0.417. The molecule has 1 aromatic rings. The number of carbonyl (C=O) groups excluding carboxylic acids is 1. The topological polar surface area (TPSA) is 58.4 Å². The first-order chi connectivity index (χ1) is 7.99. The third-order valence-electron chi connectivity index (χ3n) is 3.44. The summed E-state index contributed by atoms with van der Waals surface area (Å²) in [6.45, 7) is 3.90. The van der Waals surface area contributed by atoms with Crippen LogP contribution in [0.2, 0.25) is 5.02 Å². The zero-order chi connectivity index (χ0) is 12.6. The zero-order valence-electron chi connectivity index (χ0n) is 9.85. The molecule has 1 fully saturated rings. The van der Waals surface area contributed by atoms with Crippen molar-refractivity contribution in [1.82, 2.24) is 10.3 Å². The van der Waals surface area contributed by atoms with E-state index in [4.69, 9.17) is 17.4 Å². The SMILES string of the molecule is CC1NC(C)(c2ccc(Cl)cc2)C(C=O)N1N. The lowest BCUT2D eigenvalue weighted by Crippen LogP contribution is -2.47. The molecule has 2 rings (SSSR count). The largest absolute Gasteiger partial charge is 0.301 e. The summed E-state index contributed by atoms with van der Waals surface area (Å²) in [7, 11) is 0. The number of halogens is 1. The molecule has 0 bridgehead atoms. The number of aldehydes is 1. The van der Waals surface area contributed by atoms with Gasteiger partial charge in [-0.2, -0.15) is 0 Å². The minimum Gasteiger partial charge on any atom is -0.301 e. The molecule has 5 heteroatoms. The number of nitrogens with zero attached hydrogens (tertiary/aromatic N) is 1. The van der Waals surface area contributed by atoms with Gasteiger partial charge >= 0.3 is 0 Å². The highest BCUT2D eigenvalue weighted by Gasteiger charge is 2.47. The number of rotatable bonds is 2. The van der Waals surface area contributed by atoms with Gasteiger partial charge in [-0.25, -0.2) is 5.01 Å². The first-order valence-electron chi connectivity index (χ1n) is 5.51. The minimum absolute atomic E-state index is 0.0501. The van der Waals surface area contributed by atoms with Crippen LogP contribution in [0, 0.1) is 0 Å². The molecule has 1 aromatic carbocycles. The quantitative estimate of drug-likeness (QED) is 0.615. The predicted molar refractivity (Wildman–Crippen MR) is 67.3 cm³/mol. The molecule has 0 aliphatic carbocycles. The Morgan fingerprint density at radius 2 is 2.06 bits per heavy atom. The average molecular weight is 254 g/mol. The molecule has 92 valence electrons. The summed E-state index contributed by atoms with van der Waals surface area (Å²) in [6.07, 6.45) is 0.830. The lowest BCUT2D eigenvalue weighted by atomic mass is 9.86. The van der Waals surface area contributed by atoms with Gasteiger partial charge in [0.1, 0.15) is 12.3 Å². The predicted octanol–water partition coefficient (Wildman–Crippen LogP) is 1.25. The first kappa shape index (κ1) is 12.5. The maximum absolute atomic E-state index is 11.2. The molecule has 1 aliphatic rings. The van der Waals surface area contributed by atoms with E-state index in [2.05, 4.69) is 5.32 Å². The summed E-state index contributed by atoms with van der Waals surface area (Å²) in [5, 5.41) is 5.56. The van der Waals surface area contributed by atoms with Crippen LogP contribution in [0.25, 0.3) is 0 Å². The highest BCUT2D eigenvalue weighted by Crippen LogP contribution is 2.33. The van der Waals surface area contributed by atoms with Crippen LogP contribution in [-0.4, -0.2) is 23.5 Å². The van der Waals surface area contributed by atoms with E-state index in [0.717, 1.165) is 11.8 Å². The second kappa shape index (κ2) is 4.38. The Morgan fingerprint density at radius 1 is 1.47 bits per heavy atom. The van der Waals surface area contributed by atoms with Crippen LogP contribution in [0.3, 0.4) is 0 Å². The Bertz CT molecular complexity index is 422. The van der Waals surface area contributed by atoms with Gasteiger partial charge in [0, 0.05) is 5.02 Å². The van der Waals surface area contributed by atoms with E-state index >= 15 is 0 Å². The maximum atomic E-state index is 11.2. The standard InChI is InChI=1S/C12H16ClN3O/c1-8-15-12(2,11(7-17)16(8)14)9-3-5-10(13)6-4-9/h3-8,11,15H,14H2,1-2H3. The van der Waals surface area contributed by atoms with Gasteiger partial charge in [-0.15, -0.1) is 0 Å². The molecule has 0 spiro atoms. The number of nitrogens with two attached hydrogens (primary N) is 1. The number of hydrogen-bond acceptors (Lipinski definition) is 4. The van der Waals surface area contributed by atoms with Crippen molar-refractivity contribution >= 4 is 17.9 Å². The van der Waals surface area contributed by atoms with E-state index < -0.39 is 11.6 Å². The maximum Gasteiger partial charge on any atom is 0.140 e. The van der Waals surface area contributed by atoms with Crippen LogP contribution in [0.1, 0.15) is 19.4 Å². The Hall–Kier alpha value is -0.940. The zero-order valence-corrected chi connectivity index (χ0v) is 10.6. The second-order valence-corrected chi connectivity index (χ2v) is 4.99. The highest BCUT2D eigenvalue weighted by atomic mass is 35.5. The van der Waals surface area contributed by atoms with E-state index in [9.17, 15) is 4.79 Å². The van der Waals surface area contributed by atoms with E-state index in [1.807, 2.05) is 38.1 Å². The fourth-order valence-corrected chi connectivity index (χ4v) is 2.52. The normalized spacial score (nSPS) is 33.9. The number of hydrogen-bond donors (Lipinski definition) is 2. The molecule has 17 heavy (non-hydrogen) atoms. The molecule has 0 amide bonds. The summed E-state index contributed by atoms with van der Waals surface area (Å²) in [4.78, 5) is 11.2. The summed E-state index contributed by atoms with van der Waals surface area (Å²) < 4.78 is 0. The van der Waals surface area contributed by atoms with Crippen LogP contribution < -0.4 is 11.2 Å². The lowest BCUT2D eigenvalue weighted by Gasteiger charge is -2.29. The van der Waals surface area contributed by atoms with Crippen LogP contribution in [0.15, 0.2) is 24.3 Å². The van der Waals surface area contributed by atoms with Crippen LogP contribution in [0.4, 0.5) is 0 Å². The molecule has 0 saturated carbocycles. The molecule has 3 unspecified atom stereocenters. The Balaban J connectivity index is 2.41. The van der Waals surface area contributed by atoms with Crippen molar-refractivity contribution in [2.75, 3.05) is 0 Å². The Morgan fingerprint density at radius 3 is 2.59 bits per heavy atom. The van der Waals surface area contributed by atoms with Crippen molar-refractivity contribution in [3.63, 3.8) is 0 Å². The summed E-state index contributed by atoms with van der Waals surface area (Å²) in [5.41, 5.74) is 0.513.